The number of carbonyl (C=O) groups is 3. The average Bonchev–Trinajstić information content (AvgIpc) is 3.35. The number of aliphatic hydroxyl groups is 1. The van der Waals surface area contributed by atoms with Gasteiger partial charge in [0.2, 0.25) is 5.91 Å². The second-order valence-corrected chi connectivity index (χ2v) is 8.21. The lowest BCUT2D eigenvalue weighted by Gasteiger charge is -2.26. The Bertz CT molecular complexity index is 1010. The number of hydrogen-bond donors (Lipinski definition) is 3. The zero-order valence-electron chi connectivity index (χ0n) is 18.1. The maximum atomic E-state index is 12.9. The molecular weight excluding hydrogens is 428 g/mol. The molecule has 2 aromatic rings. The number of fused-ring (bicyclic) bond motifs is 3. The fourth-order valence-corrected chi connectivity index (χ4v) is 4.62. The maximum Gasteiger partial charge on any atom is 0.407 e. The molecule has 174 valence electrons. The van der Waals surface area contributed by atoms with Gasteiger partial charge >= 0.3 is 12.1 Å². The Morgan fingerprint density at radius 3 is 2.27 bits per heavy atom. The lowest BCUT2D eigenvalue weighted by molar-refractivity contribution is -0.149. The van der Waals surface area contributed by atoms with Gasteiger partial charge in [0.25, 0.3) is 0 Å². The van der Waals surface area contributed by atoms with Gasteiger partial charge in [0.15, 0.2) is 0 Å². The minimum Gasteiger partial charge on any atom is -0.480 e. The highest BCUT2D eigenvalue weighted by atomic mass is 16.5. The van der Waals surface area contributed by atoms with Gasteiger partial charge in [-0.3, -0.25) is 4.79 Å². The number of methoxy groups -OCH3 is 1. The Hall–Kier alpha value is -3.43. The summed E-state index contributed by atoms with van der Waals surface area (Å²) in [4.78, 5) is 38.0. The SMILES string of the molecule is COC[C@H](NC(=O)OCC1c2ccccc2-c2ccccc21)C(=O)N1C[C@@H](O)C[C@H]1C(=O)O. The van der Waals surface area contributed by atoms with Crippen molar-refractivity contribution in [2.75, 3.05) is 26.9 Å². The number of aliphatic hydroxyl groups excluding tert-OH is 1. The summed E-state index contributed by atoms with van der Waals surface area (Å²) in [5.41, 5.74) is 4.32. The van der Waals surface area contributed by atoms with Crippen LogP contribution in [-0.4, -0.2) is 78.1 Å². The molecule has 0 saturated carbocycles. The molecule has 9 heteroatoms. The van der Waals surface area contributed by atoms with Crippen LogP contribution in [0.3, 0.4) is 0 Å². The molecule has 1 fully saturated rings. The van der Waals surface area contributed by atoms with E-state index in [4.69, 9.17) is 9.47 Å². The van der Waals surface area contributed by atoms with Gasteiger partial charge in [0.1, 0.15) is 18.7 Å². The molecule has 0 unspecified atom stereocenters. The third-order valence-electron chi connectivity index (χ3n) is 6.11. The number of carboxylic acid groups (broad SMARTS) is 1. The first-order valence-corrected chi connectivity index (χ1v) is 10.7. The number of carbonyl (C=O) groups excluding carboxylic acids is 2. The van der Waals surface area contributed by atoms with Gasteiger partial charge in [-0.1, -0.05) is 48.5 Å². The molecule has 0 radical (unpaired) electrons. The third kappa shape index (κ3) is 4.55. The van der Waals surface area contributed by atoms with Crippen LogP contribution in [0.1, 0.15) is 23.5 Å². The largest absolute Gasteiger partial charge is 0.480 e. The average molecular weight is 454 g/mol. The molecule has 4 rings (SSSR count). The number of likely N-dealkylation sites (tertiary alicyclic amines) is 1. The number of hydrogen-bond acceptors (Lipinski definition) is 6. The van der Waals surface area contributed by atoms with E-state index in [0.717, 1.165) is 27.2 Å². The Morgan fingerprint density at radius 1 is 1.09 bits per heavy atom. The van der Waals surface area contributed by atoms with Crippen molar-refractivity contribution in [3.05, 3.63) is 59.7 Å². The molecule has 1 aliphatic carbocycles. The summed E-state index contributed by atoms with van der Waals surface area (Å²) in [6, 6.07) is 13.6. The molecule has 1 heterocycles. The number of rotatable bonds is 7. The predicted octanol–water partition coefficient (Wildman–Crippen LogP) is 1.59. The number of carboxylic acids is 1. The van der Waals surface area contributed by atoms with Crippen LogP contribution in [-0.2, 0) is 19.1 Å². The monoisotopic (exact) mass is 454 g/mol. The van der Waals surface area contributed by atoms with Crippen LogP contribution < -0.4 is 5.32 Å². The van der Waals surface area contributed by atoms with Crippen molar-refractivity contribution in [1.82, 2.24) is 10.2 Å². The smallest absolute Gasteiger partial charge is 0.407 e. The lowest BCUT2D eigenvalue weighted by Crippen LogP contribution is -2.53. The topological polar surface area (TPSA) is 125 Å². The Morgan fingerprint density at radius 2 is 1.70 bits per heavy atom. The number of benzene rings is 2. The summed E-state index contributed by atoms with van der Waals surface area (Å²) < 4.78 is 10.5. The van der Waals surface area contributed by atoms with Crippen molar-refractivity contribution in [2.24, 2.45) is 0 Å². The van der Waals surface area contributed by atoms with Gasteiger partial charge in [0, 0.05) is 26.0 Å². The number of nitrogens with one attached hydrogen (secondary N) is 1. The zero-order chi connectivity index (χ0) is 23.5. The molecule has 2 amide bonds. The van der Waals surface area contributed by atoms with E-state index in [9.17, 15) is 24.6 Å². The fourth-order valence-electron chi connectivity index (χ4n) is 4.62. The van der Waals surface area contributed by atoms with E-state index in [1.165, 1.54) is 7.11 Å². The summed E-state index contributed by atoms with van der Waals surface area (Å²) in [6.45, 7) is -0.210. The van der Waals surface area contributed by atoms with Crippen molar-refractivity contribution >= 4 is 18.0 Å². The molecule has 0 bridgehead atoms. The van der Waals surface area contributed by atoms with Crippen LogP contribution in [0.4, 0.5) is 4.79 Å². The van der Waals surface area contributed by atoms with Crippen molar-refractivity contribution in [3.8, 4) is 11.1 Å². The van der Waals surface area contributed by atoms with E-state index in [1.807, 2.05) is 48.5 Å². The van der Waals surface area contributed by atoms with E-state index in [1.54, 1.807) is 0 Å². The van der Waals surface area contributed by atoms with Crippen molar-refractivity contribution in [1.29, 1.82) is 0 Å². The van der Waals surface area contributed by atoms with Gasteiger partial charge in [-0.15, -0.1) is 0 Å². The number of ether oxygens (including phenoxy) is 2. The Balaban J connectivity index is 1.43. The molecule has 2 aliphatic rings. The third-order valence-corrected chi connectivity index (χ3v) is 6.11. The summed E-state index contributed by atoms with van der Waals surface area (Å²) in [5.74, 6) is -1.99. The van der Waals surface area contributed by atoms with Crippen LogP contribution in [0.5, 0.6) is 0 Å². The molecule has 0 aromatic heterocycles. The second-order valence-electron chi connectivity index (χ2n) is 8.21. The van der Waals surface area contributed by atoms with Crippen LogP contribution in [0.2, 0.25) is 0 Å². The standard InChI is InChI=1S/C24H26N2O7/c1-32-13-20(22(28)26-11-14(27)10-21(26)23(29)30)25-24(31)33-12-19-17-8-4-2-6-15(17)16-7-3-5-9-18(16)19/h2-9,14,19-21,27H,10-13H2,1H3,(H,25,31)(H,29,30)/t14-,20-,21-/m0/s1. The molecule has 1 aliphatic heterocycles. The number of β-amino-alcohol motifs (C(OH)–C–C–N with tert-alkyl or cyclic N) is 1. The van der Waals surface area contributed by atoms with Gasteiger partial charge in [0.05, 0.1) is 12.7 Å². The highest BCUT2D eigenvalue weighted by Crippen LogP contribution is 2.44. The minimum atomic E-state index is -1.21. The summed E-state index contributed by atoms with van der Waals surface area (Å²) >= 11 is 0. The maximum absolute atomic E-state index is 12.9. The number of nitrogens with zero attached hydrogens (tertiary/aromatic N) is 1. The summed E-state index contributed by atoms with van der Waals surface area (Å²) in [5, 5.41) is 21.7. The van der Waals surface area contributed by atoms with E-state index in [-0.39, 0.29) is 32.1 Å². The molecule has 1 saturated heterocycles. The van der Waals surface area contributed by atoms with Crippen LogP contribution in [0, 0.1) is 0 Å². The Kier molecular flexibility index (Phi) is 6.62. The van der Waals surface area contributed by atoms with Gasteiger partial charge < -0.3 is 29.9 Å². The summed E-state index contributed by atoms with van der Waals surface area (Å²) in [6.07, 6.45) is -1.81. The van der Waals surface area contributed by atoms with E-state index < -0.39 is 36.2 Å². The first-order chi connectivity index (χ1) is 15.9. The fraction of sp³-hybridized carbons (Fsp3) is 0.375. The van der Waals surface area contributed by atoms with Crippen molar-refractivity contribution < 1.29 is 34.1 Å². The zero-order valence-corrected chi connectivity index (χ0v) is 18.1. The molecule has 0 spiro atoms. The first-order valence-electron chi connectivity index (χ1n) is 10.7. The molecular formula is C24H26N2O7. The second kappa shape index (κ2) is 9.60. The normalized spacial score (nSPS) is 20.1. The highest BCUT2D eigenvalue weighted by Gasteiger charge is 2.41. The van der Waals surface area contributed by atoms with Crippen LogP contribution in [0.15, 0.2) is 48.5 Å². The van der Waals surface area contributed by atoms with E-state index >= 15 is 0 Å². The van der Waals surface area contributed by atoms with Crippen LogP contribution in [0.25, 0.3) is 11.1 Å². The predicted molar refractivity (Wildman–Crippen MR) is 118 cm³/mol. The van der Waals surface area contributed by atoms with Crippen molar-refractivity contribution in [3.63, 3.8) is 0 Å². The van der Waals surface area contributed by atoms with Crippen LogP contribution >= 0.6 is 0 Å². The minimum absolute atomic E-state index is 0.0638. The summed E-state index contributed by atoms with van der Waals surface area (Å²) in [7, 11) is 1.37. The molecule has 2 aromatic carbocycles. The molecule has 9 nitrogen and oxygen atoms in total. The van der Waals surface area contributed by atoms with Gasteiger partial charge in [-0.05, 0) is 22.3 Å². The molecule has 3 N–H and O–H groups in total. The van der Waals surface area contributed by atoms with E-state index in [0.29, 0.717) is 0 Å². The number of alkyl carbamates (subject to hydrolysis) is 1. The highest BCUT2D eigenvalue weighted by molar-refractivity contribution is 5.90. The van der Waals surface area contributed by atoms with E-state index in [2.05, 4.69) is 5.32 Å². The quantitative estimate of drug-likeness (QED) is 0.580. The lowest BCUT2D eigenvalue weighted by atomic mass is 9.98. The molecule has 3 atom stereocenters. The number of amides is 2. The first kappa shape index (κ1) is 22.8. The van der Waals surface area contributed by atoms with Gasteiger partial charge in [-0.25, -0.2) is 9.59 Å². The van der Waals surface area contributed by atoms with Gasteiger partial charge in [-0.2, -0.15) is 0 Å². The molecule has 33 heavy (non-hydrogen) atoms. The Labute approximate surface area is 190 Å². The number of aliphatic carboxylic acids is 1. The van der Waals surface area contributed by atoms with Crippen molar-refractivity contribution in [2.45, 2.75) is 30.5 Å².